The van der Waals surface area contributed by atoms with Crippen LogP contribution < -0.4 is 5.32 Å². The van der Waals surface area contributed by atoms with Gasteiger partial charge in [-0.25, -0.2) is 14.8 Å². The highest BCUT2D eigenvalue weighted by molar-refractivity contribution is 7.10. The van der Waals surface area contributed by atoms with Gasteiger partial charge >= 0.3 is 6.09 Å². The molecule has 1 aliphatic heterocycles. The van der Waals surface area contributed by atoms with Crippen LogP contribution in [-0.2, 0) is 4.52 Å². The van der Waals surface area contributed by atoms with E-state index in [9.17, 15) is 4.79 Å². The molecule has 6 heteroatoms. The van der Waals surface area contributed by atoms with E-state index in [0.29, 0.717) is 5.96 Å². The maximum atomic E-state index is 10.7. The lowest BCUT2D eigenvalue weighted by molar-refractivity contribution is 0.213. The number of hydrogen-bond donors (Lipinski definition) is 1. The predicted octanol–water partition coefficient (Wildman–Crippen LogP) is 0.722. The standard InChI is InChI=1S/C6H10N3O2P/c1-3-4(2)8-5(7-3)9-6(10)11-12/h3H,12H2,1-2H3,(H,7,9,10)/t3-/m0/s1. The maximum absolute atomic E-state index is 10.7. The molecule has 1 aliphatic rings. The van der Waals surface area contributed by atoms with E-state index in [-0.39, 0.29) is 6.04 Å². The molecule has 0 saturated heterocycles. The monoisotopic (exact) mass is 187 g/mol. The molecule has 1 unspecified atom stereocenters. The third-order valence-electron chi connectivity index (χ3n) is 1.52. The average Bonchev–Trinajstić information content (AvgIpc) is 2.31. The molecule has 2 atom stereocenters. The summed E-state index contributed by atoms with van der Waals surface area (Å²) in [7, 11) is 1.85. The fourth-order valence-electron chi connectivity index (χ4n) is 0.747. The number of rotatable bonds is 0. The van der Waals surface area contributed by atoms with Crippen molar-refractivity contribution in [2.45, 2.75) is 19.9 Å². The minimum Gasteiger partial charge on any atom is -0.435 e. The molecule has 12 heavy (non-hydrogen) atoms. The smallest absolute Gasteiger partial charge is 0.416 e. The molecule has 5 nitrogen and oxygen atoms in total. The lowest BCUT2D eigenvalue weighted by Crippen LogP contribution is -2.26. The van der Waals surface area contributed by atoms with Crippen LogP contribution in [0.25, 0.3) is 0 Å². The number of nitrogens with zero attached hydrogens (tertiary/aromatic N) is 2. The maximum Gasteiger partial charge on any atom is 0.416 e. The third-order valence-corrected chi connectivity index (χ3v) is 1.74. The van der Waals surface area contributed by atoms with Gasteiger partial charge in [-0.15, -0.1) is 0 Å². The quantitative estimate of drug-likeness (QED) is 0.568. The second-order valence-electron chi connectivity index (χ2n) is 2.41. The first kappa shape index (κ1) is 9.13. The molecule has 1 N–H and O–H groups in total. The molecule has 0 spiro atoms. The predicted molar refractivity (Wildman–Crippen MR) is 49.3 cm³/mol. The lowest BCUT2D eigenvalue weighted by Gasteiger charge is -1.98. The Balaban J connectivity index is 2.56. The number of nitrogens with one attached hydrogen (secondary N) is 1. The van der Waals surface area contributed by atoms with Crippen molar-refractivity contribution in [3.8, 4) is 0 Å². The summed E-state index contributed by atoms with van der Waals surface area (Å²) >= 11 is 0. The highest BCUT2D eigenvalue weighted by Crippen LogP contribution is 2.03. The van der Waals surface area contributed by atoms with Crippen molar-refractivity contribution in [3.63, 3.8) is 0 Å². The van der Waals surface area contributed by atoms with E-state index in [2.05, 4.69) is 19.8 Å². The molecule has 0 saturated carbocycles. The summed E-state index contributed by atoms with van der Waals surface area (Å²) in [5.74, 6) is 0.312. The number of carbonyl (C=O) groups excluding carboxylic acids is 1. The molecule has 0 aromatic heterocycles. The van der Waals surface area contributed by atoms with E-state index < -0.39 is 6.09 Å². The Hall–Kier alpha value is -0.960. The summed E-state index contributed by atoms with van der Waals surface area (Å²) in [5, 5.41) is 2.37. The first-order valence-corrected chi connectivity index (χ1v) is 3.91. The van der Waals surface area contributed by atoms with Crippen molar-refractivity contribution >= 4 is 27.2 Å². The van der Waals surface area contributed by atoms with Gasteiger partial charge in [0.1, 0.15) is 0 Å². The van der Waals surface area contributed by atoms with Crippen LogP contribution >= 0.6 is 9.47 Å². The first-order valence-electron chi connectivity index (χ1n) is 3.44. The highest BCUT2D eigenvalue weighted by Gasteiger charge is 2.15. The van der Waals surface area contributed by atoms with Crippen molar-refractivity contribution in [1.82, 2.24) is 5.32 Å². The van der Waals surface area contributed by atoms with Crippen molar-refractivity contribution in [2.24, 2.45) is 9.98 Å². The van der Waals surface area contributed by atoms with Crippen LogP contribution in [0.1, 0.15) is 13.8 Å². The zero-order valence-electron chi connectivity index (χ0n) is 6.87. The van der Waals surface area contributed by atoms with Gasteiger partial charge in [0.25, 0.3) is 0 Å². The minimum atomic E-state index is -0.579. The molecule has 0 aromatic rings. The molecule has 66 valence electrons. The topological polar surface area (TPSA) is 63.0 Å². The summed E-state index contributed by atoms with van der Waals surface area (Å²) in [6.07, 6.45) is -0.579. The van der Waals surface area contributed by atoms with Gasteiger partial charge in [0, 0.05) is 5.71 Å². The summed E-state index contributed by atoms with van der Waals surface area (Å²) in [6, 6.07) is 0.0461. The molecule has 0 aliphatic carbocycles. The molecule has 0 fully saturated rings. The lowest BCUT2D eigenvalue weighted by atomic mass is 10.2. The number of carbonyl (C=O) groups is 1. The minimum absolute atomic E-state index is 0.0461. The average molecular weight is 187 g/mol. The zero-order valence-corrected chi connectivity index (χ0v) is 8.02. The number of guanidine groups is 1. The van der Waals surface area contributed by atoms with Crippen molar-refractivity contribution in [2.75, 3.05) is 0 Å². The fraction of sp³-hybridized carbons (Fsp3) is 0.500. The van der Waals surface area contributed by atoms with Crippen LogP contribution in [-0.4, -0.2) is 23.8 Å². The highest BCUT2D eigenvalue weighted by atomic mass is 31.0. The largest absolute Gasteiger partial charge is 0.435 e. The van der Waals surface area contributed by atoms with Crippen molar-refractivity contribution in [1.29, 1.82) is 0 Å². The Labute approximate surface area is 72.6 Å². The van der Waals surface area contributed by atoms with E-state index in [1.54, 1.807) is 0 Å². The third kappa shape index (κ3) is 2.01. The van der Waals surface area contributed by atoms with Gasteiger partial charge < -0.3 is 4.52 Å². The van der Waals surface area contributed by atoms with E-state index in [1.165, 1.54) is 0 Å². The van der Waals surface area contributed by atoms with Crippen LogP contribution in [0.3, 0.4) is 0 Å². The summed E-state index contributed by atoms with van der Waals surface area (Å²) in [5.41, 5.74) is 0.883. The summed E-state index contributed by atoms with van der Waals surface area (Å²) in [6.45, 7) is 3.76. The SMILES string of the molecule is CC1=NC(NC(=O)OP)=N[C@H]1C. The normalized spacial score (nSPS) is 21.4. The van der Waals surface area contributed by atoms with Crippen LogP contribution in [0.4, 0.5) is 4.79 Å². The van der Waals surface area contributed by atoms with Gasteiger partial charge in [-0.2, -0.15) is 0 Å². The number of hydrogen-bond acceptors (Lipinski definition) is 4. The van der Waals surface area contributed by atoms with Crippen LogP contribution in [0.2, 0.25) is 0 Å². The molecular weight excluding hydrogens is 177 g/mol. The van der Waals surface area contributed by atoms with Gasteiger partial charge in [-0.3, -0.25) is 5.32 Å². The second-order valence-corrected chi connectivity index (χ2v) is 2.65. The van der Waals surface area contributed by atoms with Gasteiger partial charge in [0.2, 0.25) is 5.96 Å². The first-order chi connectivity index (χ1) is 5.63. The molecule has 0 bridgehead atoms. The van der Waals surface area contributed by atoms with Crippen LogP contribution in [0, 0.1) is 0 Å². The molecule has 0 aromatic carbocycles. The van der Waals surface area contributed by atoms with Crippen molar-refractivity contribution in [3.05, 3.63) is 0 Å². The van der Waals surface area contributed by atoms with Gasteiger partial charge in [-0.05, 0) is 13.8 Å². The number of amides is 1. The van der Waals surface area contributed by atoms with E-state index >= 15 is 0 Å². The Morgan fingerprint density at radius 2 is 2.42 bits per heavy atom. The Bertz CT molecular complexity index is 262. The van der Waals surface area contributed by atoms with E-state index in [0.717, 1.165) is 5.71 Å². The van der Waals surface area contributed by atoms with E-state index in [4.69, 9.17) is 0 Å². The zero-order chi connectivity index (χ0) is 9.14. The number of aliphatic imine (C=N–C) groups is 2. The van der Waals surface area contributed by atoms with Gasteiger partial charge in [-0.1, -0.05) is 0 Å². The second kappa shape index (κ2) is 3.63. The molecule has 1 amide bonds. The Kier molecular flexibility index (Phi) is 2.76. The van der Waals surface area contributed by atoms with Crippen LogP contribution in [0.5, 0.6) is 0 Å². The Morgan fingerprint density at radius 1 is 1.75 bits per heavy atom. The summed E-state index contributed by atoms with van der Waals surface area (Å²) < 4.78 is 4.30. The molecule has 0 radical (unpaired) electrons. The van der Waals surface area contributed by atoms with E-state index in [1.807, 2.05) is 23.3 Å². The molecule has 1 heterocycles. The fourth-order valence-corrected chi connectivity index (χ4v) is 0.806. The van der Waals surface area contributed by atoms with Gasteiger partial charge in [0.05, 0.1) is 15.5 Å². The van der Waals surface area contributed by atoms with Gasteiger partial charge in [0.15, 0.2) is 0 Å². The van der Waals surface area contributed by atoms with Crippen molar-refractivity contribution < 1.29 is 9.32 Å². The Morgan fingerprint density at radius 3 is 2.83 bits per heavy atom. The summed E-state index contributed by atoms with van der Waals surface area (Å²) in [4.78, 5) is 18.7. The molecule has 1 rings (SSSR count). The van der Waals surface area contributed by atoms with Crippen LogP contribution in [0.15, 0.2) is 9.98 Å². The molecular formula is C6H10N3O2P.